The minimum atomic E-state index is -0.152. The average molecular weight is 191 g/mol. The molecule has 0 saturated carbocycles. The maximum absolute atomic E-state index is 11.8. The largest absolute Gasteiger partial charge is 0.396 e. The Hall–Kier alpha value is -1.35. The number of anilines is 1. The van der Waals surface area contributed by atoms with Gasteiger partial charge >= 0.3 is 0 Å². The van der Waals surface area contributed by atoms with Gasteiger partial charge in [-0.05, 0) is 18.1 Å². The summed E-state index contributed by atoms with van der Waals surface area (Å²) in [5, 5.41) is 8.89. The highest BCUT2D eigenvalue weighted by molar-refractivity contribution is 6.04. The van der Waals surface area contributed by atoms with E-state index in [1.165, 1.54) is 0 Å². The summed E-state index contributed by atoms with van der Waals surface area (Å²) in [6.45, 7) is 0.0541. The Balaban J connectivity index is 2.42. The molecule has 1 heterocycles. The minimum Gasteiger partial charge on any atom is -0.396 e. The Kier molecular flexibility index (Phi) is 2.25. The lowest BCUT2D eigenvalue weighted by atomic mass is 9.98. The number of benzene rings is 1. The third-order valence-electron chi connectivity index (χ3n) is 2.72. The van der Waals surface area contributed by atoms with E-state index in [0.29, 0.717) is 6.42 Å². The number of hydrogen-bond donors (Lipinski definition) is 1. The summed E-state index contributed by atoms with van der Waals surface area (Å²) < 4.78 is 0. The molecule has 1 aromatic carbocycles. The second-order valence-electron chi connectivity index (χ2n) is 3.52. The molecule has 1 aliphatic rings. The molecule has 1 N–H and O–H groups in total. The SMILES string of the molecule is CN1C(=O)C(CCO)c2ccccc21. The molecule has 74 valence electrons. The Morgan fingerprint density at radius 3 is 2.86 bits per heavy atom. The van der Waals surface area contributed by atoms with Gasteiger partial charge in [-0.3, -0.25) is 4.79 Å². The molecule has 0 bridgehead atoms. The maximum Gasteiger partial charge on any atom is 0.234 e. The molecule has 0 radical (unpaired) electrons. The first-order valence-corrected chi connectivity index (χ1v) is 4.73. The van der Waals surface area contributed by atoms with E-state index in [-0.39, 0.29) is 18.4 Å². The van der Waals surface area contributed by atoms with Crippen molar-refractivity contribution in [2.75, 3.05) is 18.6 Å². The molecule has 0 spiro atoms. The number of aliphatic hydroxyl groups is 1. The van der Waals surface area contributed by atoms with Crippen LogP contribution in [0.3, 0.4) is 0 Å². The smallest absolute Gasteiger partial charge is 0.234 e. The van der Waals surface area contributed by atoms with E-state index in [0.717, 1.165) is 11.3 Å². The number of nitrogens with zero attached hydrogens (tertiary/aromatic N) is 1. The van der Waals surface area contributed by atoms with Gasteiger partial charge in [0.1, 0.15) is 0 Å². The van der Waals surface area contributed by atoms with Crippen molar-refractivity contribution in [1.29, 1.82) is 0 Å². The second-order valence-corrected chi connectivity index (χ2v) is 3.52. The highest BCUT2D eigenvalue weighted by Crippen LogP contribution is 2.37. The van der Waals surface area contributed by atoms with E-state index in [9.17, 15) is 4.79 Å². The summed E-state index contributed by atoms with van der Waals surface area (Å²) in [6, 6.07) is 7.74. The molecule has 1 aliphatic heterocycles. The van der Waals surface area contributed by atoms with Crippen molar-refractivity contribution in [3.05, 3.63) is 29.8 Å². The third-order valence-corrected chi connectivity index (χ3v) is 2.72. The predicted molar refractivity (Wildman–Crippen MR) is 54.3 cm³/mol. The van der Waals surface area contributed by atoms with E-state index in [1.807, 2.05) is 24.3 Å². The summed E-state index contributed by atoms with van der Waals surface area (Å²) >= 11 is 0. The number of rotatable bonds is 2. The summed E-state index contributed by atoms with van der Waals surface area (Å²) in [4.78, 5) is 13.4. The van der Waals surface area contributed by atoms with Gasteiger partial charge < -0.3 is 10.0 Å². The standard InChI is InChI=1S/C11H13NO2/c1-12-10-5-3-2-4-8(10)9(6-7-13)11(12)14/h2-5,9,13H,6-7H2,1H3. The molecule has 2 rings (SSSR count). The van der Waals surface area contributed by atoms with Crippen molar-refractivity contribution >= 4 is 11.6 Å². The topological polar surface area (TPSA) is 40.5 Å². The molecule has 1 atom stereocenters. The first-order valence-electron chi connectivity index (χ1n) is 4.73. The van der Waals surface area contributed by atoms with E-state index >= 15 is 0 Å². The minimum absolute atomic E-state index is 0.0541. The summed E-state index contributed by atoms with van der Waals surface area (Å²) in [6.07, 6.45) is 0.514. The molecule has 1 aromatic rings. The van der Waals surface area contributed by atoms with Crippen LogP contribution in [0.25, 0.3) is 0 Å². The van der Waals surface area contributed by atoms with Gasteiger partial charge in [-0.25, -0.2) is 0 Å². The third kappa shape index (κ3) is 1.21. The van der Waals surface area contributed by atoms with E-state index < -0.39 is 0 Å². The number of carbonyl (C=O) groups excluding carboxylic acids is 1. The molecule has 0 fully saturated rings. The van der Waals surface area contributed by atoms with Gasteiger partial charge in [0.15, 0.2) is 0 Å². The fourth-order valence-electron chi connectivity index (χ4n) is 1.98. The normalized spacial score (nSPS) is 20.0. The molecule has 1 unspecified atom stereocenters. The molecular weight excluding hydrogens is 178 g/mol. The average Bonchev–Trinajstić information content (AvgIpc) is 2.45. The van der Waals surface area contributed by atoms with Crippen molar-refractivity contribution in [2.45, 2.75) is 12.3 Å². The van der Waals surface area contributed by atoms with Gasteiger partial charge in [0.05, 0.1) is 5.92 Å². The maximum atomic E-state index is 11.8. The molecule has 1 amide bonds. The summed E-state index contributed by atoms with van der Waals surface area (Å²) in [5.74, 6) is -0.0681. The quantitative estimate of drug-likeness (QED) is 0.761. The van der Waals surface area contributed by atoms with Gasteiger partial charge in [-0.2, -0.15) is 0 Å². The lowest BCUT2D eigenvalue weighted by Crippen LogP contribution is -2.24. The second kappa shape index (κ2) is 3.42. The summed E-state index contributed by atoms with van der Waals surface area (Å²) in [7, 11) is 1.78. The van der Waals surface area contributed by atoms with Gasteiger partial charge in [0.25, 0.3) is 0 Å². The van der Waals surface area contributed by atoms with E-state index in [1.54, 1.807) is 11.9 Å². The van der Waals surface area contributed by atoms with E-state index in [4.69, 9.17) is 5.11 Å². The van der Waals surface area contributed by atoms with Crippen LogP contribution in [0.4, 0.5) is 5.69 Å². The number of aliphatic hydroxyl groups excluding tert-OH is 1. The zero-order valence-corrected chi connectivity index (χ0v) is 8.10. The highest BCUT2D eigenvalue weighted by Gasteiger charge is 2.33. The van der Waals surface area contributed by atoms with Gasteiger partial charge in [-0.1, -0.05) is 18.2 Å². The molecule has 0 aromatic heterocycles. The molecule has 3 nitrogen and oxygen atoms in total. The molecular formula is C11H13NO2. The van der Waals surface area contributed by atoms with Crippen molar-refractivity contribution in [1.82, 2.24) is 0 Å². The van der Waals surface area contributed by atoms with Crippen LogP contribution in [-0.2, 0) is 4.79 Å². The van der Waals surface area contributed by atoms with Gasteiger partial charge in [-0.15, -0.1) is 0 Å². The number of hydrogen-bond acceptors (Lipinski definition) is 2. The molecule has 0 aliphatic carbocycles. The molecule has 14 heavy (non-hydrogen) atoms. The number of carbonyl (C=O) groups is 1. The Labute approximate surface area is 83.0 Å². The van der Waals surface area contributed by atoms with Crippen molar-refractivity contribution in [2.24, 2.45) is 0 Å². The Bertz CT molecular complexity index is 362. The molecule has 3 heteroatoms. The number of likely N-dealkylation sites (N-methyl/N-ethyl adjacent to an activating group) is 1. The summed E-state index contributed by atoms with van der Waals surface area (Å²) in [5.41, 5.74) is 2.00. The van der Waals surface area contributed by atoms with Crippen molar-refractivity contribution in [3.63, 3.8) is 0 Å². The van der Waals surface area contributed by atoms with Crippen molar-refractivity contribution < 1.29 is 9.90 Å². The fraction of sp³-hybridized carbons (Fsp3) is 0.364. The van der Waals surface area contributed by atoms with Crippen LogP contribution >= 0.6 is 0 Å². The van der Waals surface area contributed by atoms with Crippen LogP contribution in [0.15, 0.2) is 24.3 Å². The number of para-hydroxylation sites is 1. The van der Waals surface area contributed by atoms with Crippen molar-refractivity contribution in [3.8, 4) is 0 Å². The zero-order valence-electron chi connectivity index (χ0n) is 8.10. The molecule has 0 saturated heterocycles. The lowest BCUT2D eigenvalue weighted by molar-refractivity contribution is -0.119. The van der Waals surface area contributed by atoms with Gasteiger partial charge in [0.2, 0.25) is 5.91 Å². The van der Waals surface area contributed by atoms with Crippen LogP contribution in [0, 0.1) is 0 Å². The van der Waals surface area contributed by atoms with Crippen LogP contribution in [0.2, 0.25) is 0 Å². The van der Waals surface area contributed by atoms with E-state index in [2.05, 4.69) is 0 Å². The number of amides is 1. The van der Waals surface area contributed by atoms with Crippen LogP contribution in [0.5, 0.6) is 0 Å². The first-order chi connectivity index (χ1) is 6.75. The Morgan fingerprint density at radius 2 is 2.14 bits per heavy atom. The monoisotopic (exact) mass is 191 g/mol. The van der Waals surface area contributed by atoms with Crippen LogP contribution in [0.1, 0.15) is 17.9 Å². The zero-order chi connectivity index (χ0) is 10.1. The Morgan fingerprint density at radius 1 is 1.43 bits per heavy atom. The fourth-order valence-corrected chi connectivity index (χ4v) is 1.98. The lowest BCUT2D eigenvalue weighted by Gasteiger charge is -2.09. The van der Waals surface area contributed by atoms with Crippen LogP contribution in [-0.4, -0.2) is 24.7 Å². The van der Waals surface area contributed by atoms with Crippen LogP contribution < -0.4 is 4.90 Å². The predicted octanol–water partition coefficient (Wildman–Crippen LogP) is 1.13. The first kappa shape index (κ1) is 9.21. The highest BCUT2D eigenvalue weighted by atomic mass is 16.3. The van der Waals surface area contributed by atoms with Gasteiger partial charge in [0, 0.05) is 19.3 Å². The number of fused-ring (bicyclic) bond motifs is 1.